The standard InChI is InChI=1S/C13H22N2O3S/c1-3-15(19(16,17)10-4-9-18-2)11-12-5-7-13(14)8-6-12/h5-8H,3-4,9-11,14H2,1-2H3. The van der Waals surface area contributed by atoms with Crippen LogP contribution in [0.5, 0.6) is 0 Å². The Kier molecular flexibility index (Phi) is 6.27. The molecule has 5 nitrogen and oxygen atoms in total. The van der Waals surface area contributed by atoms with Gasteiger partial charge in [-0.15, -0.1) is 0 Å². The lowest BCUT2D eigenvalue weighted by Crippen LogP contribution is -2.32. The van der Waals surface area contributed by atoms with E-state index in [1.807, 2.05) is 19.1 Å². The Hall–Kier alpha value is -1.11. The number of benzene rings is 1. The minimum absolute atomic E-state index is 0.115. The van der Waals surface area contributed by atoms with Crippen molar-refractivity contribution in [2.24, 2.45) is 0 Å². The van der Waals surface area contributed by atoms with Crippen molar-refractivity contribution < 1.29 is 13.2 Å². The molecule has 1 rings (SSSR count). The van der Waals surface area contributed by atoms with Gasteiger partial charge in [-0.2, -0.15) is 4.31 Å². The number of nitrogen functional groups attached to an aromatic ring is 1. The van der Waals surface area contributed by atoms with Gasteiger partial charge in [0, 0.05) is 32.5 Å². The van der Waals surface area contributed by atoms with Crippen LogP contribution in [0.3, 0.4) is 0 Å². The summed E-state index contributed by atoms with van der Waals surface area (Å²) in [5, 5.41) is 0. The van der Waals surface area contributed by atoms with E-state index in [0.717, 1.165) is 5.56 Å². The lowest BCUT2D eigenvalue weighted by molar-refractivity contribution is 0.199. The molecule has 0 bridgehead atoms. The third-order valence-electron chi connectivity index (χ3n) is 2.84. The van der Waals surface area contributed by atoms with Gasteiger partial charge in [0.15, 0.2) is 0 Å². The third-order valence-corrected chi connectivity index (χ3v) is 4.81. The molecule has 0 aliphatic rings. The molecule has 1 aromatic carbocycles. The quantitative estimate of drug-likeness (QED) is 0.580. The van der Waals surface area contributed by atoms with E-state index >= 15 is 0 Å². The summed E-state index contributed by atoms with van der Waals surface area (Å²) in [6.45, 7) is 3.13. The SMILES string of the molecule is CCN(Cc1ccc(N)cc1)S(=O)(=O)CCCOC. The Labute approximate surface area is 115 Å². The van der Waals surface area contributed by atoms with Gasteiger partial charge in [-0.1, -0.05) is 19.1 Å². The molecule has 0 saturated heterocycles. The van der Waals surface area contributed by atoms with Crippen LogP contribution in [0.4, 0.5) is 5.69 Å². The van der Waals surface area contributed by atoms with Crippen LogP contribution in [0.2, 0.25) is 0 Å². The lowest BCUT2D eigenvalue weighted by atomic mass is 10.2. The average Bonchev–Trinajstić information content (AvgIpc) is 2.38. The first-order valence-electron chi connectivity index (χ1n) is 6.30. The molecule has 0 atom stereocenters. The minimum atomic E-state index is -3.23. The van der Waals surface area contributed by atoms with Gasteiger partial charge in [-0.05, 0) is 24.1 Å². The molecule has 6 heteroatoms. The Bertz CT molecular complexity index is 471. The van der Waals surface area contributed by atoms with Gasteiger partial charge in [-0.3, -0.25) is 0 Å². The highest BCUT2D eigenvalue weighted by Gasteiger charge is 2.20. The summed E-state index contributed by atoms with van der Waals surface area (Å²) in [5.41, 5.74) is 7.22. The molecule has 0 aliphatic carbocycles. The van der Waals surface area contributed by atoms with Crippen LogP contribution in [-0.4, -0.2) is 38.7 Å². The number of methoxy groups -OCH3 is 1. The van der Waals surface area contributed by atoms with Gasteiger partial charge in [0.2, 0.25) is 10.0 Å². The molecular weight excluding hydrogens is 264 g/mol. The molecule has 108 valence electrons. The highest BCUT2D eigenvalue weighted by molar-refractivity contribution is 7.89. The van der Waals surface area contributed by atoms with Crippen LogP contribution in [-0.2, 0) is 21.3 Å². The molecule has 0 spiro atoms. The Morgan fingerprint density at radius 3 is 2.42 bits per heavy atom. The fraction of sp³-hybridized carbons (Fsp3) is 0.538. The van der Waals surface area contributed by atoms with Crippen molar-refractivity contribution in [3.05, 3.63) is 29.8 Å². The summed E-state index contributed by atoms with van der Waals surface area (Å²) < 4.78 is 30.7. The van der Waals surface area contributed by atoms with E-state index in [0.29, 0.717) is 31.8 Å². The second-order valence-electron chi connectivity index (χ2n) is 4.33. The van der Waals surface area contributed by atoms with Crippen molar-refractivity contribution in [3.63, 3.8) is 0 Å². The second kappa shape index (κ2) is 7.47. The zero-order valence-electron chi connectivity index (χ0n) is 11.5. The van der Waals surface area contributed by atoms with Crippen LogP contribution < -0.4 is 5.73 Å². The summed E-state index contributed by atoms with van der Waals surface area (Å²) in [6.07, 6.45) is 0.511. The molecule has 0 heterocycles. The largest absolute Gasteiger partial charge is 0.399 e. The maximum Gasteiger partial charge on any atom is 0.214 e. The Morgan fingerprint density at radius 2 is 1.89 bits per heavy atom. The summed E-state index contributed by atoms with van der Waals surface area (Å²) in [7, 11) is -1.66. The second-order valence-corrected chi connectivity index (χ2v) is 6.42. The fourth-order valence-electron chi connectivity index (χ4n) is 1.75. The molecule has 0 aliphatic heterocycles. The predicted octanol–water partition coefficient (Wildman–Crippen LogP) is 1.46. The van der Waals surface area contributed by atoms with Gasteiger partial charge < -0.3 is 10.5 Å². The van der Waals surface area contributed by atoms with Crippen LogP contribution in [0.1, 0.15) is 18.9 Å². The van der Waals surface area contributed by atoms with Gasteiger partial charge in [-0.25, -0.2) is 8.42 Å². The maximum atomic E-state index is 12.2. The topological polar surface area (TPSA) is 72.6 Å². The van der Waals surface area contributed by atoms with E-state index in [-0.39, 0.29) is 5.75 Å². The van der Waals surface area contributed by atoms with E-state index < -0.39 is 10.0 Å². The lowest BCUT2D eigenvalue weighted by Gasteiger charge is -2.20. The number of ether oxygens (including phenoxy) is 1. The van der Waals surface area contributed by atoms with Crippen LogP contribution in [0, 0.1) is 0 Å². The van der Waals surface area contributed by atoms with Crippen molar-refractivity contribution in [2.75, 3.05) is 31.7 Å². The summed E-state index contributed by atoms with van der Waals surface area (Å²) >= 11 is 0. The van der Waals surface area contributed by atoms with Crippen LogP contribution in [0.25, 0.3) is 0 Å². The van der Waals surface area contributed by atoms with E-state index in [1.165, 1.54) is 4.31 Å². The number of nitrogens with zero attached hydrogens (tertiary/aromatic N) is 1. The maximum absolute atomic E-state index is 12.2. The van der Waals surface area contributed by atoms with Gasteiger partial charge in [0.1, 0.15) is 0 Å². The first kappa shape index (κ1) is 15.9. The number of sulfonamides is 1. The molecule has 0 radical (unpaired) electrons. The van der Waals surface area contributed by atoms with E-state index in [1.54, 1.807) is 19.2 Å². The number of rotatable bonds is 8. The molecule has 2 N–H and O–H groups in total. The van der Waals surface area contributed by atoms with Crippen LogP contribution >= 0.6 is 0 Å². The molecule has 0 amide bonds. The molecule has 0 fully saturated rings. The number of anilines is 1. The van der Waals surface area contributed by atoms with Crippen molar-refractivity contribution in [2.45, 2.75) is 19.9 Å². The molecule has 0 saturated carbocycles. The first-order chi connectivity index (χ1) is 8.99. The number of hydrogen-bond donors (Lipinski definition) is 1. The predicted molar refractivity (Wildman–Crippen MR) is 77.2 cm³/mol. The monoisotopic (exact) mass is 286 g/mol. The zero-order chi connectivity index (χ0) is 14.3. The van der Waals surface area contributed by atoms with Crippen molar-refractivity contribution in [1.29, 1.82) is 0 Å². The molecular formula is C13H22N2O3S. The van der Waals surface area contributed by atoms with E-state index in [2.05, 4.69) is 0 Å². The van der Waals surface area contributed by atoms with E-state index in [9.17, 15) is 8.42 Å². The Balaban J connectivity index is 2.69. The summed E-state index contributed by atoms with van der Waals surface area (Å²) in [4.78, 5) is 0. The fourth-order valence-corrected chi connectivity index (χ4v) is 3.23. The molecule has 19 heavy (non-hydrogen) atoms. The zero-order valence-corrected chi connectivity index (χ0v) is 12.3. The number of hydrogen-bond acceptors (Lipinski definition) is 4. The van der Waals surface area contributed by atoms with Gasteiger partial charge in [0.25, 0.3) is 0 Å². The van der Waals surface area contributed by atoms with E-state index in [4.69, 9.17) is 10.5 Å². The smallest absolute Gasteiger partial charge is 0.214 e. The highest BCUT2D eigenvalue weighted by Crippen LogP contribution is 2.12. The summed E-state index contributed by atoms with van der Waals surface area (Å²) in [5.74, 6) is 0.115. The molecule has 0 aromatic heterocycles. The molecule has 1 aromatic rings. The summed E-state index contributed by atoms with van der Waals surface area (Å²) in [6, 6.07) is 7.26. The highest BCUT2D eigenvalue weighted by atomic mass is 32.2. The van der Waals surface area contributed by atoms with Crippen molar-refractivity contribution >= 4 is 15.7 Å². The first-order valence-corrected chi connectivity index (χ1v) is 7.91. The van der Waals surface area contributed by atoms with Crippen LogP contribution in [0.15, 0.2) is 24.3 Å². The average molecular weight is 286 g/mol. The van der Waals surface area contributed by atoms with Crippen molar-refractivity contribution in [3.8, 4) is 0 Å². The molecule has 0 unspecified atom stereocenters. The van der Waals surface area contributed by atoms with Gasteiger partial charge in [0.05, 0.1) is 5.75 Å². The van der Waals surface area contributed by atoms with Gasteiger partial charge >= 0.3 is 0 Å². The van der Waals surface area contributed by atoms with Crippen molar-refractivity contribution in [1.82, 2.24) is 4.31 Å². The number of nitrogens with two attached hydrogens (primary N) is 1. The Morgan fingerprint density at radius 1 is 1.26 bits per heavy atom. The minimum Gasteiger partial charge on any atom is -0.399 e. The normalized spacial score (nSPS) is 11.9. The third kappa shape index (κ3) is 5.18.